The van der Waals surface area contributed by atoms with E-state index < -0.39 is 0 Å². The van der Waals surface area contributed by atoms with Crippen LogP contribution in [-0.4, -0.2) is 55.0 Å². The van der Waals surface area contributed by atoms with E-state index in [9.17, 15) is 5.11 Å². The van der Waals surface area contributed by atoms with Crippen LogP contribution in [0.15, 0.2) is 0 Å². The van der Waals surface area contributed by atoms with Crippen molar-refractivity contribution >= 4 is 0 Å². The molecule has 0 saturated carbocycles. The molecule has 0 unspecified atom stereocenters. The summed E-state index contributed by atoms with van der Waals surface area (Å²) in [5.74, 6) is 0. The standard InChI is InChI=1S/C11H26N3O/c12-5-1-3-7-14(8-4-2-6-13)9-11(15)10-14/h11,15H,1-10,12-13H2/q+1. The van der Waals surface area contributed by atoms with Crippen LogP contribution in [0.5, 0.6) is 0 Å². The Balaban J connectivity index is 2.21. The Morgan fingerprint density at radius 2 is 1.40 bits per heavy atom. The van der Waals surface area contributed by atoms with Crippen molar-refractivity contribution in [3.63, 3.8) is 0 Å². The molecule has 5 N–H and O–H groups in total. The quantitative estimate of drug-likeness (QED) is 0.384. The normalized spacial score (nSPS) is 20.2. The molecular formula is C11H26N3O+. The van der Waals surface area contributed by atoms with E-state index in [2.05, 4.69) is 0 Å². The number of rotatable bonds is 8. The minimum absolute atomic E-state index is 0.0687. The van der Waals surface area contributed by atoms with Crippen LogP contribution in [0.1, 0.15) is 25.7 Å². The third-order valence-electron chi connectivity index (χ3n) is 3.37. The second-order valence-electron chi connectivity index (χ2n) is 4.80. The van der Waals surface area contributed by atoms with E-state index in [1.165, 1.54) is 25.9 Å². The number of hydrogen-bond acceptors (Lipinski definition) is 3. The van der Waals surface area contributed by atoms with Gasteiger partial charge in [-0.25, -0.2) is 0 Å². The lowest BCUT2D eigenvalue weighted by Gasteiger charge is -2.48. The van der Waals surface area contributed by atoms with E-state index in [1.807, 2.05) is 0 Å². The van der Waals surface area contributed by atoms with Gasteiger partial charge in [0, 0.05) is 0 Å². The van der Waals surface area contributed by atoms with Gasteiger partial charge in [0.05, 0.1) is 13.1 Å². The molecule has 15 heavy (non-hydrogen) atoms. The average molecular weight is 216 g/mol. The van der Waals surface area contributed by atoms with Gasteiger partial charge < -0.3 is 21.1 Å². The lowest BCUT2D eigenvalue weighted by atomic mass is 10.0. The van der Waals surface area contributed by atoms with Crippen molar-refractivity contribution in [2.45, 2.75) is 31.8 Å². The molecule has 1 fully saturated rings. The minimum atomic E-state index is -0.0687. The third-order valence-corrected chi connectivity index (χ3v) is 3.37. The number of aliphatic hydroxyl groups excluding tert-OH is 1. The first kappa shape index (κ1) is 12.9. The summed E-state index contributed by atoms with van der Waals surface area (Å²) in [4.78, 5) is 0. The maximum Gasteiger partial charge on any atom is 0.152 e. The van der Waals surface area contributed by atoms with Crippen LogP contribution in [0.3, 0.4) is 0 Å². The molecule has 0 atom stereocenters. The van der Waals surface area contributed by atoms with E-state index in [4.69, 9.17) is 11.5 Å². The van der Waals surface area contributed by atoms with Crippen LogP contribution >= 0.6 is 0 Å². The lowest BCUT2D eigenvalue weighted by Crippen LogP contribution is -2.67. The van der Waals surface area contributed by atoms with Crippen LogP contribution in [0.25, 0.3) is 0 Å². The molecule has 1 saturated heterocycles. The second kappa shape index (κ2) is 6.43. The number of likely N-dealkylation sites (tertiary alicyclic amines) is 1. The smallest absolute Gasteiger partial charge is 0.152 e. The summed E-state index contributed by atoms with van der Waals surface area (Å²) in [6, 6.07) is 0. The summed E-state index contributed by atoms with van der Waals surface area (Å²) in [6.45, 7) is 5.80. The van der Waals surface area contributed by atoms with Crippen molar-refractivity contribution in [1.82, 2.24) is 0 Å². The zero-order valence-electron chi connectivity index (χ0n) is 9.70. The van der Waals surface area contributed by atoms with Crippen molar-refractivity contribution in [2.24, 2.45) is 11.5 Å². The van der Waals surface area contributed by atoms with Crippen LogP contribution < -0.4 is 11.5 Å². The Labute approximate surface area is 92.8 Å². The van der Waals surface area contributed by atoms with Crippen LogP contribution in [0.4, 0.5) is 0 Å². The summed E-state index contributed by atoms with van der Waals surface area (Å²) in [7, 11) is 0. The molecule has 90 valence electrons. The molecule has 0 radical (unpaired) electrons. The highest BCUT2D eigenvalue weighted by atomic mass is 16.3. The zero-order valence-corrected chi connectivity index (χ0v) is 9.70. The molecule has 0 spiro atoms. The van der Waals surface area contributed by atoms with Crippen molar-refractivity contribution in [2.75, 3.05) is 39.3 Å². The van der Waals surface area contributed by atoms with Gasteiger partial charge in [0.25, 0.3) is 0 Å². The molecule has 0 amide bonds. The van der Waals surface area contributed by atoms with Crippen molar-refractivity contribution in [3.05, 3.63) is 0 Å². The predicted molar refractivity (Wildman–Crippen MR) is 62.3 cm³/mol. The number of unbranched alkanes of at least 4 members (excludes halogenated alkanes) is 2. The lowest BCUT2D eigenvalue weighted by molar-refractivity contribution is -0.972. The Morgan fingerprint density at radius 1 is 0.933 bits per heavy atom. The van der Waals surface area contributed by atoms with Gasteiger partial charge in [0.2, 0.25) is 0 Å². The molecule has 1 rings (SSSR count). The van der Waals surface area contributed by atoms with E-state index in [0.29, 0.717) is 0 Å². The maximum atomic E-state index is 9.43. The van der Waals surface area contributed by atoms with E-state index in [1.54, 1.807) is 0 Å². The highest BCUT2D eigenvalue weighted by Crippen LogP contribution is 2.22. The Hall–Kier alpha value is -0.160. The van der Waals surface area contributed by atoms with Gasteiger partial charge in [-0.2, -0.15) is 0 Å². The van der Waals surface area contributed by atoms with Crippen molar-refractivity contribution < 1.29 is 9.59 Å². The molecule has 1 aliphatic heterocycles. The van der Waals surface area contributed by atoms with Gasteiger partial charge in [-0.05, 0) is 38.8 Å². The second-order valence-corrected chi connectivity index (χ2v) is 4.80. The van der Waals surface area contributed by atoms with Gasteiger partial charge in [0.1, 0.15) is 13.1 Å². The number of aliphatic hydroxyl groups is 1. The first-order valence-electron chi connectivity index (χ1n) is 6.16. The van der Waals surface area contributed by atoms with Crippen molar-refractivity contribution in [1.29, 1.82) is 0 Å². The molecular weight excluding hydrogens is 190 g/mol. The first-order valence-corrected chi connectivity index (χ1v) is 6.16. The van der Waals surface area contributed by atoms with Crippen molar-refractivity contribution in [3.8, 4) is 0 Å². The average Bonchev–Trinajstić information content (AvgIpc) is 2.16. The van der Waals surface area contributed by atoms with E-state index in [-0.39, 0.29) is 6.10 Å². The molecule has 4 heteroatoms. The Morgan fingerprint density at radius 3 is 1.73 bits per heavy atom. The molecule has 0 bridgehead atoms. The van der Waals surface area contributed by atoms with Gasteiger partial charge in [-0.1, -0.05) is 0 Å². The molecule has 4 nitrogen and oxygen atoms in total. The summed E-state index contributed by atoms with van der Waals surface area (Å²) in [6.07, 6.45) is 4.51. The van der Waals surface area contributed by atoms with Gasteiger partial charge in [-0.15, -0.1) is 0 Å². The van der Waals surface area contributed by atoms with Gasteiger partial charge in [-0.3, -0.25) is 0 Å². The third kappa shape index (κ3) is 4.07. The topological polar surface area (TPSA) is 72.3 Å². The van der Waals surface area contributed by atoms with Crippen LogP contribution in [-0.2, 0) is 0 Å². The Bertz CT molecular complexity index is 157. The summed E-state index contributed by atoms with van der Waals surface area (Å²) < 4.78 is 1.10. The summed E-state index contributed by atoms with van der Waals surface area (Å²) in [5.41, 5.74) is 11.0. The predicted octanol–water partition coefficient (Wildman–Crippen LogP) is -0.344. The summed E-state index contributed by atoms with van der Waals surface area (Å²) in [5, 5.41) is 9.43. The largest absolute Gasteiger partial charge is 0.382 e. The van der Waals surface area contributed by atoms with Gasteiger partial charge in [0.15, 0.2) is 6.10 Å². The van der Waals surface area contributed by atoms with E-state index in [0.717, 1.165) is 43.5 Å². The first-order chi connectivity index (χ1) is 7.22. The monoisotopic (exact) mass is 216 g/mol. The molecule has 0 aromatic heterocycles. The maximum absolute atomic E-state index is 9.43. The minimum Gasteiger partial charge on any atom is -0.382 e. The zero-order chi connectivity index (χ0) is 11.1. The number of hydrogen-bond donors (Lipinski definition) is 3. The number of nitrogens with two attached hydrogens (primary N) is 2. The van der Waals surface area contributed by atoms with Crippen LogP contribution in [0.2, 0.25) is 0 Å². The molecule has 0 aromatic rings. The van der Waals surface area contributed by atoms with Crippen LogP contribution in [0, 0.1) is 0 Å². The highest BCUT2D eigenvalue weighted by molar-refractivity contribution is 4.67. The fourth-order valence-electron chi connectivity index (χ4n) is 2.50. The Kier molecular flexibility index (Phi) is 5.53. The SMILES string of the molecule is NCCCC[N+]1(CCCCN)CC(O)C1. The molecule has 1 heterocycles. The fraction of sp³-hybridized carbons (Fsp3) is 1.00. The van der Waals surface area contributed by atoms with Gasteiger partial charge >= 0.3 is 0 Å². The molecule has 1 aliphatic rings. The molecule has 0 aromatic carbocycles. The summed E-state index contributed by atoms with van der Waals surface area (Å²) >= 11 is 0. The number of quaternary nitrogens is 1. The highest BCUT2D eigenvalue weighted by Gasteiger charge is 2.41. The fourth-order valence-corrected chi connectivity index (χ4v) is 2.50. The number of nitrogens with zero attached hydrogens (tertiary/aromatic N) is 1. The van der Waals surface area contributed by atoms with E-state index >= 15 is 0 Å². The molecule has 0 aliphatic carbocycles.